The smallest absolute Gasteiger partial charge is 0.254 e. The standard InChI is InChI=1S/C23H23FN4O2/c1-16-5-3-4-6-20(16)30-22-13-21(25-15-26-22)27-11-12-28(17(2)14-27)23(29)18-7-9-19(24)10-8-18/h3-10,13,15,17H,11-12,14H2,1-2H3/t17-/m0/s1. The number of rotatable bonds is 4. The van der Waals surface area contributed by atoms with Crippen molar-refractivity contribution in [1.29, 1.82) is 0 Å². The second kappa shape index (κ2) is 8.49. The number of piperazine rings is 1. The molecule has 30 heavy (non-hydrogen) atoms. The van der Waals surface area contributed by atoms with Crippen LogP contribution in [0.1, 0.15) is 22.8 Å². The zero-order chi connectivity index (χ0) is 21.1. The van der Waals surface area contributed by atoms with Gasteiger partial charge in [-0.15, -0.1) is 0 Å². The summed E-state index contributed by atoms with van der Waals surface area (Å²) in [5.41, 5.74) is 1.52. The number of nitrogens with zero attached hydrogens (tertiary/aromatic N) is 4. The fourth-order valence-electron chi connectivity index (χ4n) is 3.57. The van der Waals surface area contributed by atoms with E-state index in [0.717, 1.165) is 17.1 Å². The van der Waals surface area contributed by atoms with Crippen LogP contribution >= 0.6 is 0 Å². The Morgan fingerprint density at radius 1 is 1.10 bits per heavy atom. The van der Waals surface area contributed by atoms with Crippen molar-refractivity contribution in [3.63, 3.8) is 0 Å². The molecule has 1 aromatic heterocycles. The van der Waals surface area contributed by atoms with E-state index >= 15 is 0 Å². The topological polar surface area (TPSA) is 58.6 Å². The van der Waals surface area contributed by atoms with Crippen LogP contribution in [0.3, 0.4) is 0 Å². The molecule has 0 saturated carbocycles. The molecule has 2 heterocycles. The Morgan fingerprint density at radius 2 is 1.87 bits per heavy atom. The van der Waals surface area contributed by atoms with Gasteiger partial charge < -0.3 is 14.5 Å². The maximum atomic E-state index is 13.1. The highest BCUT2D eigenvalue weighted by Gasteiger charge is 2.29. The summed E-state index contributed by atoms with van der Waals surface area (Å²) in [6.07, 6.45) is 1.49. The number of hydrogen-bond acceptors (Lipinski definition) is 5. The summed E-state index contributed by atoms with van der Waals surface area (Å²) in [4.78, 5) is 25.3. The SMILES string of the molecule is Cc1ccccc1Oc1cc(N2CCN(C(=O)c3ccc(F)cc3)[C@@H](C)C2)ncn1. The molecule has 7 heteroatoms. The van der Waals surface area contributed by atoms with E-state index in [0.29, 0.717) is 31.1 Å². The van der Waals surface area contributed by atoms with Crippen molar-refractivity contribution in [3.05, 3.63) is 77.9 Å². The minimum Gasteiger partial charge on any atom is -0.439 e. The Balaban J connectivity index is 1.45. The molecule has 154 valence electrons. The number of amides is 1. The largest absolute Gasteiger partial charge is 0.439 e. The average Bonchev–Trinajstić information content (AvgIpc) is 2.75. The van der Waals surface area contributed by atoms with E-state index in [2.05, 4.69) is 14.9 Å². The summed E-state index contributed by atoms with van der Waals surface area (Å²) in [6.45, 7) is 5.80. The van der Waals surface area contributed by atoms with Crippen LogP contribution < -0.4 is 9.64 Å². The number of carbonyl (C=O) groups excluding carboxylic acids is 1. The molecule has 0 radical (unpaired) electrons. The minimum atomic E-state index is -0.350. The summed E-state index contributed by atoms with van der Waals surface area (Å²) in [6, 6.07) is 15.2. The summed E-state index contributed by atoms with van der Waals surface area (Å²) in [5, 5.41) is 0. The maximum Gasteiger partial charge on any atom is 0.254 e. The fourth-order valence-corrected chi connectivity index (χ4v) is 3.57. The third-order valence-electron chi connectivity index (χ3n) is 5.24. The number of benzene rings is 2. The van der Waals surface area contributed by atoms with Crippen molar-refractivity contribution >= 4 is 11.7 Å². The number of hydrogen-bond donors (Lipinski definition) is 0. The monoisotopic (exact) mass is 406 g/mol. The lowest BCUT2D eigenvalue weighted by Crippen LogP contribution is -2.54. The van der Waals surface area contributed by atoms with Gasteiger partial charge in [-0.2, -0.15) is 0 Å². The second-order valence-corrected chi connectivity index (χ2v) is 7.38. The van der Waals surface area contributed by atoms with Crippen molar-refractivity contribution < 1.29 is 13.9 Å². The first-order valence-corrected chi connectivity index (χ1v) is 9.88. The molecule has 0 bridgehead atoms. The molecule has 4 rings (SSSR count). The van der Waals surface area contributed by atoms with E-state index in [-0.39, 0.29) is 17.8 Å². The number of anilines is 1. The Bertz CT molecular complexity index is 1040. The zero-order valence-corrected chi connectivity index (χ0v) is 17.0. The van der Waals surface area contributed by atoms with E-state index in [1.54, 1.807) is 0 Å². The number of para-hydroxylation sites is 1. The molecule has 3 aromatic rings. The fraction of sp³-hybridized carbons (Fsp3) is 0.261. The average molecular weight is 406 g/mol. The van der Waals surface area contributed by atoms with Crippen LogP contribution in [0.4, 0.5) is 10.2 Å². The van der Waals surface area contributed by atoms with Crippen LogP contribution in [0.25, 0.3) is 0 Å². The van der Waals surface area contributed by atoms with E-state index < -0.39 is 0 Å². The van der Waals surface area contributed by atoms with Gasteiger partial charge in [0.2, 0.25) is 5.88 Å². The molecule has 1 atom stereocenters. The predicted molar refractivity (Wildman–Crippen MR) is 112 cm³/mol. The van der Waals surface area contributed by atoms with Gasteiger partial charge in [0.1, 0.15) is 23.7 Å². The Hall–Kier alpha value is -3.48. The Morgan fingerprint density at radius 3 is 2.60 bits per heavy atom. The molecule has 1 saturated heterocycles. The molecule has 1 fully saturated rings. The maximum absolute atomic E-state index is 13.1. The molecule has 0 unspecified atom stereocenters. The van der Waals surface area contributed by atoms with Gasteiger partial charge in [-0.3, -0.25) is 4.79 Å². The zero-order valence-electron chi connectivity index (χ0n) is 17.0. The molecular formula is C23H23FN4O2. The number of aryl methyl sites for hydroxylation is 1. The molecule has 1 aliphatic heterocycles. The van der Waals surface area contributed by atoms with Crippen molar-refractivity contribution in [3.8, 4) is 11.6 Å². The first-order valence-electron chi connectivity index (χ1n) is 9.88. The molecule has 1 aliphatic rings. The first-order chi connectivity index (χ1) is 14.5. The van der Waals surface area contributed by atoms with Gasteiger partial charge in [0, 0.05) is 37.3 Å². The van der Waals surface area contributed by atoms with Gasteiger partial charge in [-0.25, -0.2) is 14.4 Å². The normalized spacial score (nSPS) is 16.4. The number of halogens is 1. The second-order valence-electron chi connectivity index (χ2n) is 7.38. The number of carbonyl (C=O) groups is 1. The highest BCUT2D eigenvalue weighted by molar-refractivity contribution is 5.94. The molecule has 1 amide bonds. The molecule has 0 N–H and O–H groups in total. The number of aromatic nitrogens is 2. The number of ether oxygens (including phenoxy) is 1. The molecule has 0 spiro atoms. The molecule has 6 nitrogen and oxygen atoms in total. The van der Waals surface area contributed by atoms with E-state index in [1.165, 1.54) is 30.6 Å². The van der Waals surface area contributed by atoms with Crippen molar-refractivity contribution in [2.45, 2.75) is 19.9 Å². The van der Waals surface area contributed by atoms with Gasteiger partial charge in [0.15, 0.2) is 0 Å². The van der Waals surface area contributed by atoms with Gasteiger partial charge >= 0.3 is 0 Å². The minimum absolute atomic E-state index is 0.0213. The molecule has 2 aromatic carbocycles. The van der Waals surface area contributed by atoms with Crippen LogP contribution in [-0.2, 0) is 0 Å². The van der Waals surface area contributed by atoms with Crippen LogP contribution in [0, 0.1) is 12.7 Å². The van der Waals surface area contributed by atoms with Gasteiger partial charge in [-0.05, 0) is 49.7 Å². The lowest BCUT2D eigenvalue weighted by molar-refractivity contribution is 0.0673. The molecule has 0 aliphatic carbocycles. The highest BCUT2D eigenvalue weighted by atomic mass is 19.1. The third kappa shape index (κ3) is 4.25. The summed E-state index contributed by atoms with van der Waals surface area (Å²) in [5.74, 6) is 1.55. The Labute approximate surface area is 174 Å². The highest BCUT2D eigenvalue weighted by Crippen LogP contribution is 2.26. The van der Waals surface area contributed by atoms with Crippen LogP contribution in [0.15, 0.2) is 60.9 Å². The van der Waals surface area contributed by atoms with Gasteiger partial charge in [0.05, 0.1) is 0 Å². The van der Waals surface area contributed by atoms with E-state index in [9.17, 15) is 9.18 Å². The lowest BCUT2D eigenvalue weighted by Gasteiger charge is -2.40. The van der Waals surface area contributed by atoms with Crippen LogP contribution in [-0.4, -0.2) is 46.5 Å². The van der Waals surface area contributed by atoms with E-state index in [4.69, 9.17) is 4.74 Å². The third-order valence-corrected chi connectivity index (χ3v) is 5.24. The van der Waals surface area contributed by atoms with Crippen molar-refractivity contribution in [2.75, 3.05) is 24.5 Å². The predicted octanol–water partition coefficient (Wildman–Crippen LogP) is 4.07. The molecular weight excluding hydrogens is 383 g/mol. The Kier molecular flexibility index (Phi) is 5.61. The first kappa shape index (κ1) is 19.8. The van der Waals surface area contributed by atoms with Crippen LogP contribution in [0.5, 0.6) is 11.6 Å². The van der Waals surface area contributed by atoms with Crippen LogP contribution in [0.2, 0.25) is 0 Å². The summed E-state index contributed by atoms with van der Waals surface area (Å²) >= 11 is 0. The van der Waals surface area contributed by atoms with Crippen molar-refractivity contribution in [2.24, 2.45) is 0 Å². The van der Waals surface area contributed by atoms with Crippen molar-refractivity contribution in [1.82, 2.24) is 14.9 Å². The quantitative estimate of drug-likeness (QED) is 0.654. The summed E-state index contributed by atoms with van der Waals surface area (Å²) < 4.78 is 19.1. The van der Waals surface area contributed by atoms with Gasteiger partial charge in [0.25, 0.3) is 5.91 Å². The summed E-state index contributed by atoms with van der Waals surface area (Å²) in [7, 11) is 0. The van der Waals surface area contributed by atoms with Gasteiger partial charge in [-0.1, -0.05) is 18.2 Å². The lowest BCUT2D eigenvalue weighted by atomic mass is 10.1. The van der Waals surface area contributed by atoms with E-state index in [1.807, 2.05) is 49.1 Å².